The fourth-order valence-corrected chi connectivity index (χ4v) is 3.19. The Bertz CT molecular complexity index is 640. The van der Waals surface area contributed by atoms with Gasteiger partial charge in [-0.1, -0.05) is 44.5 Å². The first-order valence-electron chi connectivity index (χ1n) is 7.71. The lowest BCUT2D eigenvalue weighted by Crippen LogP contribution is -2.26. The van der Waals surface area contributed by atoms with Crippen LogP contribution in [-0.4, -0.2) is 0 Å². The second-order valence-corrected chi connectivity index (χ2v) is 5.56. The summed E-state index contributed by atoms with van der Waals surface area (Å²) in [6.07, 6.45) is 3.10. The summed E-state index contributed by atoms with van der Waals surface area (Å²) < 4.78 is 0. The fourth-order valence-electron chi connectivity index (χ4n) is 3.19. The molecule has 0 aliphatic rings. The predicted octanol–water partition coefficient (Wildman–Crippen LogP) is 4.93. The van der Waals surface area contributed by atoms with Gasteiger partial charge in [0, 0.05) is 5.41 Å². The van der Waals surface area contributed by atoms with Crippen molar-refractivity contribution in [3.05, 3.63) is 70.8 Å². The zero-order valence-electron chi connectivity index (χ0n) is 13.1. The Hall–Kier alpha value is -2.58. The maximum atomic E-state index is 8.99. The maximum Gasteiger partial charge on any atom is 0.0991 e. The quantitative estimate of drug-likeness (QED) is 0.783. The number of hydrogen-bond acceptors (Lipinski definition) is 2. The van der Waals surface area contributed by atoms with Gasteiger partial charge in [-0.2, -0.15) is 10.5 Å². The minimum Gasteiger partial charge on any atom is -0.192 e. The molecule has 0 spiro atoms. The molecule has 110 valence electrons. The monoisotopic (exact) mass is 288 g/mol. The van der Waals surface area contributed by atoms with Gasteiger partial charge in [0.2, 0.25) is 0 Å². The van der Waals surface area contributed by atoms with Gasteiger partial charge in [0.05, 0.1) is 23.3 Å². The van der Waals surface area contributed by atoms with Gasteiger partial charge in [-0.05, 0) is 48.2 Å². The zero-order chi connectivity index (χ0) is 16.0. The van der Waals surface area contributed by atoms with E-state index in [-0.39, 0.29) is 5.41 Å². The van der Waals surface area contributed by atoms with E-state index in [1.807, 2.05) is 24.3 Å². The van der Waals surface area contributed by atoms with E-state index in [2.05, 4.69) is 50.3 Å². The Morgan fingerprint density at radius 3 is 1.45 bits per heavy atom. The summed E-state index contributed by atoms with van der Waals surface area (Å²) in [6, 6.07) is 20.2. The summed E-state index contributed by atoms with van der Waals surface area (Å²) in [5.41, 5.74) is 3.78. The molecule has 0 aliphatic carbocycles. The topological polar surface area (TPSA) is 47.6 Å². The summed E-state index contributed by atoms with van der Waals surface area (Å²) in [7, 11) is 0. The minimum atomic E-state index is -0.0588. The molecule has 2 rings (SSSR count). The largest absolute Gasteiger partial charge is 0.192 e. The third kappa shape index (κ3) is 2.87. The van der Waals surface area contributed by atoms with Crippen LogP contribution in [0.25, 0.3) is 0 Å². The lowest BCUT2D eigenvalue weighted by Gasteiger charge is -2.34. The standard InChI is InChI=1S/C20H20N2/c1-3-13-20(4-2,18-9-5-16(14-21)6-10-18)19-11-7-17(15-22)8-12-19/h5-12H,3-4,13H2,1-2H3. The Kier molecular flexibility index (Phi) is 4.97. The van der Waals surface area contributed by atoms with Crippen LogP contribution in [0.3, 0.4) is 0 Å². The zero-order valence-corrected chi connectivity index (χ0v) is 13.1. The first kappa shape index (κ1) is 15.8. The summed E-state index contributed by atoms with van der Waals surface area (Å²) >= 11 is 0. The average molecular weight is 288 g/mol. The molecule has 0 fully saturated rings. The van der Waals surface area contributed by atoms with Crippen molar-refractivity contribution in [3.63, 3.8) is 0 Å². The predicted molar refractivity (Wildman–Crippen MR) is 88.3 cm³/mol. The van der Waals surface area contributed by atoms with Crippen molar-refractivity contribution in [3.8, 4) is 12.1 Å². The number of rotatable bonds is 5. The van der Waals surface area contributed by atoms with Crippen molar-refractivity contribution in [1.29, 1.82) is 10.5 Å². The number of nitriles is 2. The van der Waals surface area contributed by atoms with Crippen LogP contribution in [-0.2, 0) is 5.41 Å². The van der Waals surface area contributed by atoms with E-state index in [9.17, 15) is 0 Å². The van der Waals surface area contributed by atoms with Crippen LogP contribution in [0.2, 0.25) is 0 Å². The lowest BCUT2D eigenvalue weighted by molar-refractivity contribution is 0.450. The van der Waals surface area contributed by atoms with Crippen LogP contribution in [0.1, 0.15) is 55.4 Å². The van der Waals surface area contributed by atoms with Gasteiger partial charge in [-0.15, -0.1) is 0 Å². The van der Waals surface area contributed by atoms with Gasteiger partial charge in [-0.3, -0.25) is 0 Å². The molecule has 0 aromatic heterocycles. The molecule has 0 unspecified atom stereocenters. The molecule has 2 heteroatoms. The maximum absolute atomic E-state index is 8.99. The van der Waals surface area contributed by atoms with Crippen molar-refractivity contribution in [2.75, 3.05) is 0 Å². The van der Waals surface area contributed by atoms with Crippen LogP contribution in [0, 0.1) is 22.7 Å². The molecule has 0 radical (unpaired) electrons. The molecule has 0 atom stereocenters. The van der Waals surface area contributed by atoms with E-state index in [0.717, 1.165) is 19.3 Å². The molecule has 0 amide bonds. The highest BCUT2D eigenvalue weighted by Gasteiger charge is 2.31. The van der Waals surface area contributed by atoms with Crippen molar-refractivity contribution in [2.24, 2.45) is 0 Å². The molecule has 0 bridgehead atoms. The third-order valence-electron chi connectivity index (χ3n) is 4.41. The Morgan fingerprint density at radius 2 is 1.18 bits per heavy atom. The smallest absolute Gasteiger partial charge is 0.0991 e. The Morgan fingerprint density at radius 1 is 0.773 bits per heavy atom. The number of nitrogens with zero attached hydrogens (tertiary/aromatic N) is 2. The van der Waals surface area contributed by atoms with Gasteiger partial charge < -0.3 is 0 Å². The molecule has 22 heavy (non-hydrogen) atoms. The molecule has 2 aromatic rings. The van der Waals surface area contributed by atoms with Crippen molar-refractivity contribution >= 4 is 0 Å². The van der Waals surface area contributed by atoms with Crippen LogP contribution in [0.15, 0.2) is 48.5 Å². The summed E-state index contributed by atoms with van der Waals surface area (Å²) in [6.45, 7) is 4.39. The minimum absolute atomic E-state index is 0.0588. The van der Waals surface area contributed by atoms with Gasteiger partial charge in [-0.25, -0.2) is 0 Å². The van der Waals surface area contributed by atoms with E-state index in [1.165, 1.54) is 11.1 Å². The van der Waals surface area contributed by atoms with Crippen LogP contribution < -0.4 is 0 Å². The average Bonchev–Trinajstić information content (AvgIpc) is 2.60. The second kappa shape index (κ2) is 6.92. The molecule has 0 heterocycles. The van der Waals surface area contributed by atoms with Gasteiger partial charge in [0.1, 0.15) is 0 Å². The van der Waals surface area contributed by atoms with E-state index in [4.69, 9.17) is 10.5 Å². The second-order valence-electron chi connectivity index (χ2n) is 5.56. The first-order chi connectivity index (χ1) is 10.7. The fraction of sp³-hybridized carbons (Fsp3) is 0.300. The highest BCUT2D eigenvalue weighted by molar-refractivity contribution is 5.44. The summed E-state index contributed by atoms with van der Waals surface area (Å²) in [5, 5.41) is 18.0. The van der Waals surface area contributed by atoms with Gasteiger partial charge >= 0.3 is 0 Å². The van der Waals surface area contributed by atoms with Crippen molar-refractivity contribution in [2.45, 2.75) is 38.5 Å². The molecule has 0 N–H and O–H groups in total. The van der Waals surface area contributed by atoms with E-state index < -0.39 is 0 Å². The SMILES string of the molecule is CCCC(CC)(c1ccc(C#N)cc1)c1ccc(C#N)cc1. The first-order valence-corrected chi connectivity index (χ1v) is 7.71. The summed E-state index contributed by atoms with van der Waals surface area (Å²) in [4.78, 5) is 0. The van der Waals surface area contributed by atoms with Crippen molar-refractivity contribution in [1.82, 2.24) is 0 Å². The molecule has 2 nitrogen and oxygen atoms in total. The Balaban J connectivity index is 2.54. The van der Waals surface area contributed by atoms with E-state index >= 15 is 0 Å². The molecule has 0 saturated heterocycles. The third-order valence-corrected chi connectivity index (χ3v) is 4.41. The Labute approximate surface area is 132 Å². The number of benzene rings is 2. The van der Waals surface area contributed by atoms with E-state index in [0.29, 0.717) is 11.1 Å². The molecule has 2 aromatic carbocycles. The molecular formula is C20H20N2. The summed E-state index contributed by atoms with van der Waals surface area (Å²) in [5.74, 6) is 0. The van der Waals surface area contributed by atoms with Crippen molar-refractivity contribution < 1.29 is 0 Å². The lowest BCUT2D eigenvalue weighted by atomic mass is 9.69. The highest BCUT2D eigenvalue weighted by atomic mass is 14.3. The molecular weight excluding hydrogens is 268 g/mol. The molecule has 0 aliphatic heterocycles. The molecule has 0 saturated carbocycles. The van der Waals surface area contributed by atoms with E-state index in [1.54, 1.807) is 0 Å². The van der Waals surface area contributed by atoms with Crippen LogP contribution >= 0.6 is 0 Å². The highest BCUT2D eigenvalue weighted by Crippen LogP contribution is 2.40. The number of hydrogen-bond donors (Lipinski definition) is 0. The van der Waals surface area contributed by atoms with Gasteiger partial charge in [0.15, 0.2) is 0 Å². The van der Waals surface area contributed by atoms with Gasteiger partial charge in [0.25, 0.3) is 0 Å². The van der Waals surface area contributed by atoms with Crippen LogP contribution in [0.4, 0.5) is 0 Å². The normalized spacial score (nSPS) is 10.7. The van der Waals surface area contributed by atoms with Crippen LogP contribution in [0.5, 0.6) is 0 Å².